The molecule has 2 unspecified atom stereocenters. The van der Waals surface area contributed by atoms with Crippen LogP contribution in [0.25, 0.3) is 16.7 Å². The van der Waals surface area contributed by atoms with Crippen LogP contribution in [0.4, 0.5) is 0 Å². The summed E-state index contributed by atoms with van der Waals surface area (Å²) in [5.74, 6) is 1.58. The van der Waals surface area contributed by atoms with Crippen molar-refractivity contribution in [3.8, 4) is 11.1 Å². The van der Waals surface area contributed by atoms with Crippen molar-refractivity contribution in [1.29, 1.82) is 0 Å². The summed E-state index contributed by atoms with van der Waals surface area (Å²) in [5, 5.41) is 0. The van der Waals surface area contributed by atoms with Gasteiger partial charge in [0.25, 0.3) is 0 Å². The van der Waals surface area contributed by atoms with Crippen LogP contribution in [-0.2, 0) is 0 Å². The summed E-state index contributed by atoms with van der Waals surface area (Å²) in [6, 6.07) is 18.5. The van der Waals surface area contributed by atoms with E-state index in [4.69, 9.17) is 0 Å². The predicted molar refractivity (Wildman–Crippen MR) is 120 cm³/mol. The first-order valence-electron chi connectivity index (χ1n) is 11.1. The van der Waals surface area contributed by atoms with E-state index >= 15 is 0 Å². The Hall–Kier alpha value is -1.82. The zero-order valence-corrected chi connectivity index (χ0v) is 17.5. The van der Waals surface area contributed by atoms with Gasteiger partial charge in [-0.25, -0.2) is 0 Å². The zero-order chi connectivity index (χ0) is 19.1. The van der Waals surface area contributed by atoms with Crippen molar-refractivity contribution in [2.24, 2.45) is 5.92 Å². The average Bonchev–Trinajstić information content (AvgIpc) is 2.73. The molecule has 0 aliphatic heterocycles. The van der Waals surface area contributed by atoms with Gasteiger partial charge in [-0.1, -0.05) is 101 Å². The van der Waals surface area contributed by atoms with Crippen molar-refractivity contribution in [3.05, 3.63) is 65.7 Å². The van der Waals surface area contributed by atoms with Crippen molar-refractivity contribution < 1.29 is 0 Å². The molecule has 144 valence electrons. The summed E-state index contributed by atoms with van der Waals surface area (Å²) >= 11 is 0. The molecule has 2 aromatic rings. The van der Waals surface area contributed by atoms with Gasteiger partial charge < -0.3 is 0 Å². The minimum atomic E-state index is 0.663. The highest BCUT2D eigenvalue weighted by atomic mass is 14.2. The summed E-state index contributed by atoms with van der Waals surface area (Å²) in [6.07, 6.45) is 13.0. The first-order chi connectivity index (χ1) is 13.2. The van der Waals surface area contributed by atoms with E-state index in [0.29, 0.717) is 5.92 Å². The predicted octanol–water partition coefficient (Wildman–Crippen LogP) is 8.63. The van der Waals surface area contributed by atoms with Gasteiger partial charge in [0.2, 0.25) is 0 Å². The molecule has 0 nitrogen and oxygen atoms in total. The lowest BCUT2D eigenvalue weighted by molar-refractivity contribution is 0.445. The van der Waals surface area contributed by atoms with Crippen LogP contribution < -0.4 is 0 Å². The Morgan fingerprint density at radius 1 is 0.852 bits per heavy atom. The highest BCUT2D eigenvalue weighted by molar-refractivity contribution is 5.71. The standard InChI is InChI=1S/C27H36/c1-4-6-8-21(3)23-13-15-25(16-14-23)27-19-17-26(18-20-27)24-11-9-22(7-5-2)10-12-24/h11,13-22H,4-10,12H2,1-3H3. The lowest BCUT2D eigenvalue weighted by Gasteiger charge is -2.21. The summed E-state index contributed by atoms with van der Waals surface area (Å²) in [7, 11) is 0. The van der Waals surface area contributed by atoms with E-state index < -0.39 is 0 Å². The Morgan fingerprint density at radius 3 is 2.04 bits per heavy atom. The number of hydrogen-bond donors (Lipinski definition) is 0. The Bertz CT molecular complexity index is 718. The summed E-state index contributed by atoms with van der Waals surface area (Å²) in [5.41, 5.74) is 7.09. The normalized spacial score (nSPS) is 18.2. The van der Waals surface area contributed by atoms with Gasteiger partial charge in [-0.15, -0.1) is 0 Å². The second-order valence-electron chi connectivity index (χ2n) is 8.40. The van der Waals surface area contributed by atoms with Gasteiger partial charge in [-0.2, -0.15) is 0 Å². The van der Waals surface area contributed by atoms with Gasteiger partial charge in [0, 0.05) is 0 Å². The second kappa shape index (κ2) is 9.93. The van der Waals surface area contributed by atoms with E-state index in [1.54, 1.807) is 5.57 Å². The molecular formula is C27H36. The van der Waals surface area contributed by atoms with Crippen LogP contribution in [0.5, 0.6) is 0 Å². The maximum Gasteiger partial charge on any atom is -0.0184 e. The van der Waals surface area contributed by atoms with Crippen molar-refractivity contribution in [3.63, 3.8) is 0 Å². The third kappa shape index (κ3) is 5.34. The molecule has 1 aliphatic rings. The van der Waals surface area contributed by atoms with Gasteiger partial charge in [0.15, 0.2) is 0 Å². The summed E-state index contributed by atoms with van der Waals surface area (Å²) < 4.78 is 0. The minimum absolute atomic E-state index is 0.663. The molecule has 0 spiro atoms. The van der Waals surface area contributed by atoms with Gasteiger partial charge in [-0.3, -0.25) is 0 Å². The molecular weight excluding hydrogens is 324 g/mol. The summed E-state index contributed by atoms with van der Waals surface area (Å²) in [4.78, 5) is 0. The number of unbranched alkanes of at least 4 members (excludes halogenated alkanes) is 1. The van der Waals surface area contributed by atoms with Gasteiger partial charge in [0.1, 0.15) is 0 Å². The molecule has 3 rings (SSSR count). The van der Waals surface area contributed by atoms with E-state index in [1.165, 1.54) is 73.6 Å². The highest BCUT2D eigenvalue weighted by Crippen LogP contribution is 2.33. The first kappa shape index (κ1) is 19.9. The third-order valence-electron chi connectivity index (χ3n) is 6.28. The fourth-order valence-electron chi connectivity index (χ4n) is 4.38. The van der Waals surface area contributed by atoms with E-state index in [2.05, 4.69) is 75.4 Å². The van der Waals surface area contributed by atoms with E-state index in [1.807, 2.05) is 0 Å². The highest BCUT2D eigenvalue weighted by Gasteiger charge is 2.14. The lowest BCUT2D eigenvalue weighted by atomic mass is 9.84. The van der Waals surface area contributed by atoms with Crippen LogP contribution in [0.3, 0.4) is 0 Å². The minimum Gasteiger partial charge on any atom is -0.0804 e. The summed E-state index contributed by atoms with van der Waals surface area (Å²) in [6.45, 7) is 6.92. The average molecular weight is 361 g/mol. The van der Waals surface area contributed by atoms with Crippen LogP contribution >= 0.6 is 0 Å². The molecule has 0 fully saturated rings. The molecule has 1 aliphatic carbocycles. The number of allylic oxidation sites excluding steroid dienone is 2. The fourth-order valence-corrected chi connectivity index (χ4v) is 4.38. The Balaban J connectivity index is 1.65. The molecule has 0 N–H and O–H groups in total. The van der Waals surface area contributed by atoms with Crippen LogP contribution in [0.1, 0.15) is 89.2 Å². The lowest BCUT2D eigenvalue weighted by Crippen LogP contribution is -2.04. The van der Waals surface area contributed by atoms with Crippen LogP contribution in [0, 0.1) is 5.92 Å². The van der Waals surface area contributed by atoms with Crippen molar-refractivity contribution in [2.75, 3.05) is 0 Å². The zero-order valence-electron chi connectivity index (χ0n) is 17.5. The fraction of sp³-hybridized carbons (Fsp3) is 0.481. The molecule has 0 heterocycles. The molecule has 0 bridgehead atoms. The molecule has 27 heavy (non-hydrogen) atoms. The van der Waals surface area contributed by atoms with E-state index in [0.717, 1.165) is 5.92 Å². The molecule has 0 saturated carbocycles. The van der Waals surface area contributed by atoms with Crippen molar-refractivity contribution in [1.82, 2.24) is 0 Å². The quantitative estimate of drug-likeness (QED) is 0.442. The third-order valence-corrected chi connectivity index (χ3v) is 6.28. The van der Waals surface area contributed by atoms with E-state index in [-0.39, 0.29) is 0 Å². The molecule has 0 radical (unpaired) electrons. The van der Waals surface area contributed by atoms with Gasteiger partial charge in [0.05, 0.1) is 0 Å². The largest absolute Gasteiger partial charge is 0.0804 e. The Kier molecular flexibility index (Phi) is 7.33. The second-order valence-corrected chi connectivity index (χ2v) is 8.40. The molecule has 0 heteroatoms. The van der Waals surface area contributed by atoms with Crippen LogP contribution in [-0.4, -0.2) is 0 Å². The maximum atomic E-state index is 2.49. The molecule has 2 aromatic carbocycles. The first-order valence-corrected chi connectivity index (χ1v) is 11.1. The SMILES string of the molecule is CCCCC(C)c1ccc(-c2ccc(C3=CCC(CCC)CC3)cc2)cc1. The topological polar surface area (TPSA) is 0 Å². The number of hydrogen-bond acceptors (Lipinski definition) is 0. The molecule has 0 saturated heterocycles. The number of rotatable bonds is 8. The Labute approximate surface area is 166 Å². The maximum absolute atomic E-state index is 2.49. The van der Waals surface area contributed by atoms with Crippen LogP contribution in [0.2, 0.25) is 0 Å². The monoisotopic (exact) mass is 360 g/mol. The molecule has 2 atom stereocenters. The smallest absolute Gasteiger partial charge is 0.0184 e. The number of benzene rings is 2. The van der Waals surface area contributed by atoms with Gasteiger partial charge in [-0.05, 0) is 65.3 Å². The molecule has 0 aromatic heterocycles. The Morgan fingerprint density at radius 2 is 1.48 bits per heavy atom. The van der Waals surface area contributed by atoms with Crippen LogP contribution in [0.15, 0.2) is 54.6 Å². The van der Waals surface area contributed by atoms with Crippen molar-refractivity contribution >= 4 is 5.57 Å². The van der Waals surface area contributed by atoms with Crippen molar-refractivity contribution in [2.45, 2.75) is 78.1 Å². The van der Waals surface area contributed by atoms with E-state index in [9.17, 15) is 0 Å². The van der Waals surface area contributed by atoms with Gasteiger partial charge >= 0.3 is 0 Å². The molecule has 0 amide bonds.